The Morgan fingerprint density at radius 1 is 0.253 bits per heavy atom. The molecule has 0 bridgehead atoms. The highest BCUT2D eigenvalue weighted by atomic mass is 16.6. The number of carbonyl (C=O) groups is 3. The Balaban J connectivity index is 4.23. The number of unbranched alkanes of at least 4 members (excludes halogenated alkanes) is 32. The Bertz CT molecular complexity index is 1700. The third-order valence-electron chi connectivity index (χ3n) is 14.9. The molecule has 83 heavy (non-hydrogen) atoms. The van der Waals surface area contributed by atoms with E-state index in [1.807, 2.05) is 0 Å². The SMILES string of the molecule is CC/C=C\C/C=C\C/C=C\C/C=C\C/C=C\C/C=C\C/C=C\C/C=C\CCCCCCCCCCCCC(=O)OCC(COC(=O)CCCCCCC/C=C\C/C=C\CCC)OC(=O)CCCCCCCCCCCCCCCCCCC. The first-order valence-corrected chi connectivity index (χ1v) is 35.0. The van der Waals surface area contributed by atoms with E-state index >= 15 is 0 Å². The number of hydrogen-bond donors (Lipinski definition) is 0. The molecule has 1 atom stereocenters. The maximum absolute atomic E-state index is 12.9. The molecule has 0 N–H and O–H groups in total. The van der Waals surface area contributed by atoms with Crippen LogP contribution in [0.25, 0.3) is 0 Å². The van der Waals surface area contributed by atoms with Gasteiger partial charge in [-0.05, 0) is 109 Å². The zero-order valence-corrected chi connectivity index (χ0v) is 54.4. The van der Waals surface area contributed by atoms with Gasteiger partial charge in [-0.2, -0.15) is 0 Å². The van der Waals surface area contributed by atoms with Crippen molar-refractivity contribution in [3.05, 3.63) is 122 Å². The number of carbonyl (C=O) groups excluding carboxylic acids is 3. The zero-order valence-electron chi connectivity index (χ0n) is 54.4. The van der Waals surface area contributed by atoms with E-state index in [1.165, 1.54) is 148 Å². The van der Waals surface area contributed by atoms with Crippen LogP contribution in [0.15, 0.2) is 122 Å². The molecule has 0 aliphatic heterocycles. The molecule has 0 saturated carbocycles. The van der Waals surface area contributed by atoms with E-state index in [0.717, 1.165) is 141 Å². The van der Waals surface area contributed by atoms with Crippen LogP contribution in [0, 0.1) is 0 Å². The van der Waals surface area contributed by atoms with Gasteiger partial charge in [0.2, 0.25) is 0 Å². The lowest BCUT2D eigenvalue weighted by molar-refractivity contribution is -0.167. The second-order valence-corrected chi connectivity index (χ2v) is 23.1. The molecule has 0 spiro atoms. The van der Waals surface area contributed by atoms with Gasteiger partial charge < -0.3 is 14.2 Å². The van der Waals surface area contributed by atoms with Gasteiger partial charge in [-0.25, -0.2) is 0 Å². The summed E-state index contributed by atoms with van der Waals surface area (Å²) in [4.78, 5) is 38.4. The van der Waals surface area contributed by atoms with Gasteiger partial charge in [0.1, 0.15) is 13.2 Å². The second kappa shape index (κ2) is 70.3. The van der Waals surface area contributed by atoms with E-state index in [-0.39, 0.29) is 31.1 Å². The maximum atomic E-state index is 12.9. The summed E-state index contributed by atoms with van der Waals surface area (Å²) in [5.74, 6) is -0.889. The molecule has 0 aliphatic carbocycles. The van der Waals surface area contributed by atoms with E-state index < -0.39 is 6.10 Å². The minimum absolute atomic E-state index is 0.0830. The lowest BCUT2D eigenvalue weighted by Gasteiger charge is -2.18. The Kier molecular flexibility index (Phi) is 66.7. The summed E-state index contributed by atoms with van der Waals surface area (Å²) in [5, 5.41) is 0. The van der Waals surface area contributed by atoms with E-state index in [1.54, 1.807) is 0 Å². The number of esters is 3. The summed E-state index contributed by atoms with van der Waals surface area (Å²) < 4.78 is 16.9. The molecule has 0 radical (unpaired) electrons. The molecule has 0 rings (SSSR count). The normalized spacial score (nSPS) is 12.9. The molecule has 0 aliphatic rings. The highest BCUT2D eigenvalue weighted by molar-refractivity contribution is 5.71. The molecule has 0 aromatic heterocycles. The van der Waals surface area contributed by atoms with Gasteiger partial charge in [0, 0.05) is 19.3 Å². The smallest absolute Gasteiger partial charge is 0.306 e. The van der Waals surface area contributed by atoms with Gasteiger partial charge >= 0.3 is 17.9 Å². The van der Waals surface area contributed by atoms with Gasteiger partial charge in [0.25, 0.3) is 0 Å². The second-order valence-electron chi connectivity index (χ2n) is 23.1. The average molecular weight is 1150 g/mol. The first-order valence-electron chi connectivity index (χ1n) is 35.0. The van der Waals surface area contributed by atoms with E-state index in [0.29, 0.717) is 19.3 Å². The van der Waals surface area contributed by atoms with Crippen molar-refractivity contribution >= 4 is 17.9 Å². The summed E-state index contributed by atoms with van der Waals surface area (Å²) >= 11 is 0. The first kappa shape index (κ1) is 78.8. The Morgan fingerprint density at radius 3 is 0.783 bits per heavy atom. The summed E-state index contributed by atoms with van der Waals surface area (Å²) in [7, 11) is 0. The highest BCUT2D eigenvalue weighted by Crippen LogP contribution is 2.17. The fourth-order valence-corrected chi connectivity index (χ4v) is 9.73. The third-order valence-corrected chi connectivity index (χ3v) is 14.9. The lowest BCUT2D eigenvalue weighted by Crippen LogP contribution is -2.30. The third kappa shape index (κ3) is 68.5. The summed E-state index contributed by atoms with van der Waals surface area (Å²) in [6, 6.07) is 0. The van der Waals surface area contributed by atoms with Crippen molar-refractivity contribution in [3.8, 4) is 0 Å². The standard InChI is InChI=1S/C77H130O6/c1-4-7-10-13-16-19-22-25-27-29-30-31-32-33-34-35-36-37-38-39-40-41-42-43-44-45-46-48-49-52-55-58-61-64-67-70-76(79)82-73-74(72-81-75(78)69-66-63-60-57-54-51-24-21-18-15-12-9-6-3)83-77(80)71-68-65-62-59-56-53-50-47-28-26-23-20-17-14-11-8-5-2/h7,10,12,15-16,19,21,24-25,27,30-31,33-34,36-37,39-40,42-43,74H,4-6,8-9,11,13-14,17-18,20,22-23,26,28-29,32,35,38,41,44-73H2,1-3H3/b10-7-,15-12-,19-16-,24-21-,27-25-,31-30-,34-33-,37-36-,40-39-,43-42-. The monoisotopic (exact) mass is 1150 g/mol. The topological polar surface area (TPSA) is 78.9 Å². The van der Waals surface area contributed by atoms with Gasteiger partial charge in [-0.15, -0.1) is 0 Å². The Morgan fingerprint density at radius 2 is 0.494 bits per heavy atom. The minimum atomic E-state index is -0.786. The fourth-order valence-electron chi connectivity index (χ4n) is 9.73. The summed E-state index contributed by atoms with van der Waals surface area (Å²) in [6.45, 7) is 6.48. The maximum Gasteiger partial charge on any atom is 0.306 e. The molecule has 6 nitrogen and oxygen atoms in total. The number of allylic oxidation sites excluding steroid dienone is 20. The minimum Gasteiger partial charge on any atom is -0.462 e. The number of ether oxygens (including phenoxy) is 3. The average Bonchev–Trinajstić information content (AvgIpc) is 3.49. The Hall–Kier alpha value is -4.19. The van der Waals surface area contributed by atoms with Crippen LogP contribution in [0.4, 0.5) is 0 Å². The van der Waals surface area contributed by atoms with Gasteiger partial charge in [-0.3, -0.25) is 14.4 Å². The van der Waals surface area contributed by atoms with Crippen LogP contribution < -0.4 is 0 Å². The summed E-state index contributed by atoms with van der Waals surface area (Å²) in [6.07, 6.45) is 97.9. The molecule has 1 unspecified atom stereocenters. The van der Waals surface area contributed by atoms with Crippen LogP contribution in [0.1, 0.15) is 329 Å². The van der Waals surface area contributed by atoms with Gasteiger partial charge in [0.15, 0.2) is 6.10 Å². The quantitative estimate of drug-likeness (QED) is 0.0261. The molecular weight excluding hydrogens is 1020 g/mol. The van der Waals surface area contributed by atoms with Gasteiger partial charge in [0.05, 0.1) is 0 Å². The van der Waals surface area contributed by atoms with Crippen molar-refractivity contribution in [1.82, 2.24) is 0 Å². The largest absolute Gasteiger partial charge is 0.462 e. The van der Waals surface area contributed by atoms with E-state index in [9.17, 15) is 14.4 Å². The van der Waals surface area contributed by atoms with Crippen LogP contribution in [0.5, 0.6) is 0 Å². The van der Waals surface area contributed by atoms with Crippen molar-refractivity contribution in [1.29, 1.82) is 0 Å². The molecule has 0 amide bonds. The Labute approximate surface area is 513 Å². The highest BCUT2D eigenvalue weighted by Gasteiger charge is 2.19. The van der Waals surface area contributed by atoms with Crippen LogP contribution in [0.3, 0.4) is 0 Å². The molecule has 0 saturated heterocycles. The summed E-state index contributed by atoms with van der Waals surface area (Å²) in [5.41, 5.74) is 0. The lowest BCUT2D eigenvalue weighted by atomic mass is 10.0. The van der Waals surface area contributed by atoms with Crippen molar-refractivity contribution in [2.45, 2.75) is 335 Å². The van der Waals surface area contributed by atoms with Crippen molar-refractivity contribution < 1.29 is 28.6 Å². The van der Waals surface area contributed by atoms with Crippen LogP contribution in [0.2, 0.25) is 0 Å². The fraction of sp³-hybridized carbons (Fsp3) is 0.701. The van der Waals surface area contributed by atoms with Crippen LogP contribution >= 0.6 is 0 Å². The number of hydrogen-bond acceptors (Lipinski definition) is 6. The van der Waals surface area contributed by atoms with E-state index in [2.05, 4.69) is 142 Å². The molecule has 0 aromatic carbocycles. The molecule has 6 heteroatoms. The van der Waals surface area contributed by atoms with Crippen molar-refractivity contribution in [2.75, 3.05) is 13.2 Å². The van der Waals surface area contributed by atoms with Crippen LogP contribution in [-0.4, -0.2) is 37.2 Å². The molecule has 0 heterocycles. The first-order chi connectivity index (χ1) is 41.0. The predicted molar refractivity (Wildman–Crippen MR) is 362 cm³/mol. The van der Waals surface area contributed by atoms with Gasteiger partial charge in [-0.1, -0.05) is 322 Å². The molecule has 0 aromatic rings. The zero-order chi connectivity index (χ0) is 59.9. The van der Waals surface area contributed by atoms with Crippen LogP contribution in [-0.2, 0) is 28.6 Å². The molecule has 0 fully saturated rings. The molecular formula is C77H130O6. The number of rotatable bonds is 63. The predicted octanol–water partition coefficient (Wildman–Crippen LogP) is 24.3. The van der Waals surface area contributed by atoms with E-state index in [4.69, 9.17) is 14.2 Å². The van der Waals surface area contributed by atoms with Crippen molar-refractivity contribution in [3.63, 3.8) is 0 Å². The van der Waals surface area contributed by atoms with Crippen molar-refractivity contribution in [2.24, 2.45) is 0 Å². The molecule has 474 valence electrons.